The van der Waals surface area contributed by atoms with E-state index < -0.39 is 29.3 Å². The molecule has 0 heterocycles. The summed E-state index contributed by atoms with van der Waals surface area (Å²) in [6.07, 6.45) is -0.158. The van der Waals surface area contributed by atoms with Crippen LogP contribution in [0.25, 0.3) is 0 Å². The highest BCUT2D eigenvalue weighted by atomic mass is 16.6. The van der Waals surface area contributed by atoms with E-state index in [1.54, 1.807) is 48.5 Å². The highest BCUT2D eigenvalue weighted by molar-refractivity contribution is 5.81. The highest BCUT2D eigenvalue weighted by Gasteiger charge is 2.27. The van der Waals surface area contributed by atoms with Crippen molar-refractivity contribution in [2.75, 3.05) is 0 Å². The molecule has 1 atom stereocenters. The van der Waals surface area contributed by atoms with Crippen molar-refractivity contribution in [3.8, 4) is 0 Å². The van der Waals surface area contributed by atoms with Crippen LogP contribution < -0.4 is 5.32 Å². The van der Waals surface area contributed by atoms with Crippen LogP contribution in [0.4, 0.5) is 4.79 Å². The van der Waals surface area contributed by atoms with Crippen LogP contribution in [0.1, 0.15) is 68.7 Å². The fourth-order valence-electron chi connectivity index (χ4n) is 1.15. The summed E-state index contributed by atoms with van der Waals surface area (Å²) in [6.45, 7) is 16.4. The number of carbonyl (C=O) groups is 2. The molecule has 0 spiro atoms. The lowest BCUT2D eigenvalue weighted by Gasteiger charge is -2.25. The summed E-state index contributed by atoms with van der Waals surface area (Å²) in [7, 11) is 0. The summed E-state index contributed by atoms with van der Waals surface area (Å²) in [5, 5.41) is 2.51. The van der Waals surface area contributed by atoms with Crippen LogP contribution in [0.2, 0.25) is 0 Å². The first-order valence-corrected chi connectivity index (χ1v) is 7.17. The lowest BCUT2D eigenvalue weighted by molar-refractivity contribution is -0.157. The Balaban J connectivity index is 0. The molecular formula is C15H31NO4. The number of nitrogens with one attached hydrogen (secondary N) is 1. The average molecular weight is 289 g/mol. The van der Waals surface area contributed by atoms with Crippen molar-refractivity contribution in [1.29, 1.82) is 0 Å². The second kappa shape index (κ2) is 8.82. The third-order valence-corrected chi connectivity index (χ3v) is 1.79. The molecule has 0 aliphatic rings. The van der Waals surface area contributed by atoms with E-state index in [4.69, 9.17) is 9.47 Å². The number of hydrogen-bond donors (Lipinski definition) is 1. The number of hydrogen-bond acceptors (Lipinski definition) is 4. The van der Waals surface area contributed by atoms with Gasteiger partial charge in [0.1, 0.15) is 17.2 Å². The summed E-state index contributed by atoms with van der Waals surface area (Å²) in [6, 6.07) is -0.681. The van der Waals surface area contributed by atoms with Gasteiger partial charge in [-0.05, 0) is 48.0 Å². The van der Waals surface area contributed by atoms with E-state index in [-0.39, 0.29) is 0 Å². The zero-order chi connectivity index (χ0) is 16.6. The van der Waals surface area contributed by atoms with Crippen molar-refractivity contribution in [1.82, 2.24) is 5.32 Å². The number of carbonyl (C=O) groups excluding carboxylic acids is 2. The van der Waals surface area contributed by atoms with Crippen LogP contribution in [0.15, 0.2) is 0 Å². The molecule has 120 valence electrons. The first kappa shape index (κ1) is 21.0. The minimum absolute atomic E-state index is 0.448. The molecule has 0 aromatic rings. The first-order valence-electron chi connectivity index (χ1n) is 7.17. The SMILES string of the molecule is CC.CCC(NC(=O)OC(C)(C)C)C(=O)OC(C)(C)C. The molecule has 5 heteroatoms. The number of ether oxygens (including phenoxy) is 2. The lowest BCUT2D eigenvalue weighted by Crippen LogP contribution is -2.45. The molecule has 0 saturated heterocycles. The maximum atomic E-state index is 11.8. The van der Waals surface area contributed by atoms with Gasteiger partial charge in [-0.3, -0.25) is 0 Å². The fourth-order valence-corrected chi connectivity index (χ4v) is 1.15. The number of rotatable bonds is 3. The van der Waals surface area contributed by atoms with Gasteiger partial charge >= 0.3 is 12.1 Å². The van der Waals surface area contributed by atoms with Crippen LogP contribution in [-0.4, -0.2) is 29.3 Å². The van der Waals surface area contributed by atoms with Gasteiger partial charge in [-0.15, -0.1) is 0 Å². The van der Waals surface area contributed by atoms with Crippen LogP contribution in [-0.2, 0) is 14.3 Å². The maximum Gasteiger partial charge on any atom is 0.408 e. The van der Waals surface area contributed by atoms with Crippen LogP contribution in [0.3, 0.4) is 0 Å². The van der Waals surface area contributed by atoms with Crippen molar-refractivity contribution in [3.05, 3.63) is 0 Å². The second-order valence-electron chi connectivity index (χ2n) is 6.14. The molecule has 0 saturated carbocycles. The second-order valence-corrected chi connectivity index (χ2v) is 6.14. The van der Waals surface area contributed by atoms with E-state index in [9.17, 15) is 9.59 Å². The average Bonchev–Trinajstić information content (AvgIpc) is 2.23. The predicted molar refractivity (Wildman–Crippen MR) is 80.6 cm³/mol. The Morgan fingerprint density at radius 3 is 1.65 bits per heavy atom. The molecule has 5 nitrogen and oxygen atoms in total. The summed E-state index contributed by atoms with van der Waals surface area (Å²) >= 11 is 0. The summed E-state index contributed by atoms with van der Waals surface area (Å²) < 4.78 is 10.3. The molecule has 0 bridgehead atoms. The van der Waals surface area contributed by atoms with Crippen LogP contribution in [0, 0.1) is 0 Å². The third-order valence-electron chi connectivity index (χ3n) is 1.79. The Morgan fingerprint density at radius 1 is 0.950 bits per heavy atom. The Bertz CT molecular complexity index is 300. The molecule has 0 radical (unpaired) electrons. The van der Waals surface area contributed by atoms with Crippen LogP contribution in [0.5, 0.6) is 0 Å². The van der Waals surface area contributed by atoms with Gasteiger partial charge in [-0.2, -0.15) is 0 Å². The van der Waals surface area contributed by atoms with Gasteiger partial charge in [-0.25, -0.2) is 9.59 Å². The molecule has 1 unspecified atom stereocenters. The van der Waals surface area contributed by atoms with Crippen molar-refractivity contribution < 1.29 is 19.1 Å². The third kappa shape index (κ3) is 11.8. The smallest absolute Gasteiger partial charge is 0.408 e. The summed E-state index contributed by atoms with van der Waals surface area (Å²) in [4.78, 5) is 23.4. The maximum absolute atomic E-state index is 11.8. The monoisotopic (exact) mass is 289 g/mol. The van der Waals surface area contributed by atoms with E-state index in [0.717, 1.165) is 0 Å². The normalized spacial score (nSPS) is 12.7. The van der Waals surface area contributed by atoms with E-state index in [0.29, 0.717) is 6.42 Å². The Morgan fingerprint density at radius 2 is 1.35 bits per heavy atom. The van der Waals surface area contributed by atoms with Crippen molar-refractivity contribution in [2.24, 2.45) is 0 Å². The molecule has 1 N–H and O–H groups in total. The number of amides is 1. The van der Waals surface area contributed by atoms with Crippen molar-refractivity contribution >= 4 is 12.1 Å². The molecule has 0 fully saturated rings. The van der Waals surface area contributed by atoms with Crippen molar-refractivity contribution in [3.63, 3.8) is 0 Å². The number of esters is 1. The summed E-state index contributed by atoms with van der Waals surface area (Å²) in [5.74, 6) is -0.448. The van der Waals surface area contributed by atoms with Gasteiger partial charge in [0.25, 0.3) is 0 Å². The van der Waals surface area contributed by atoms with Gasteiger partial charge in [0.15, 0.2) is 0 Å². The quantitative estimate of drug-likeness (QED) is 0.805. The Labute approximate surface area is 123 Å². The van der Waals surface area contributed by atoms with Gasteiger partial charge in [-0.1, -0.05) is 20.8 Å². The van der Waals surface area contributed by atoms with E-state index >= 15 is 0 Å². The van der Waals surface area contributed by atoms with Gasteiger partial charge in [0.05, 0.1) is 0 Å². The summed E-state index contributed by atoms with van der Waals surface area (Å²) in [5.41, 5.74) is -1.16. The van der Waals surface area contributed by atoms with Crippen molar-refractivity contribution in [2.45, 2.75) is 86.0 Å². The van der Waals surface area contributed by atoms with Gasteiger partial charge in [0, 0.05) is 0 Å². The van der Waals surface area contributed by atoms with E-state index in [1.807, 2.05) is 13.8 Å². The first-order chi connectivity index (χ1) is 8.94. The topological polar surface area (TPSA) is 64.6 Å². The lowest BCUT2D eigenvalue weighted by atomic mass is 10.1. The molecule has 20 heavy (non-hydrogen) atoms. The molecule has 0 rings (SSSR count). The molecule has 0 aliphatic carbocycles. The molecular weight excluding hydrogens is 258 g/mol. The fraction of sp³-hybridized carbons (Fsp3) is 0.867. The zero-order valence-electron chi connectivity index (χ0n) is 14.4. The highest BCUT2D eigenvalue weighted by Crippen LogP contribution is 2.11. The zero-order valence-corrected chi connectivity index (χ0v) is 14.4. The molecule has 0 aromatic carbocycles. The van der Waals surface area contributed by atoms with Crippen LogP contribution >= 0.6 is 0 Å². The largest absolute Gasteiger partial charge is 0.458 e. The van der Waals surface area contributed by atoms with E-state index in [1.165, 1.54) is 0 Å². The minimum atomic E-state index is -0.681. The van der Waals surface area contributed by atoms with Gasteiger partial charge < -0.3 is 14.8 Å². The molecule has 0 aliphatic heterocycles. The van der Waals surface area contributed by atoms with E-state index in [2.05, 4.69) is 5.32 Å². The number of alkyl carbamates (subject to hydrolysis) is 1. The molecule has 1 amide bonds. The molecule has 0 aromatic heterocycles. The Kier molecular flexibility index (Phi) is 9.28. The standard InChI is InChI=1S/C13H25NO4.C2H6/c1-8-9(10(15)17-12(2,3)4)14-11(16)18-13(5,6)7;1-2/h9H,8H2,1-7H3,(H,14,16);1-2H3. The minimum Gasteiger partial charge on any atom is -0.458 e. The predicted octanol–water partition coefficient (Wildman–Crippen LogP) is 3.66. The Hall–Kier alpha value is -1.26. The van der Waals surface area contributed by atoms with Gasteiger partial charge in [0.2, 0.25) is 0 Å².